The van der Waals surface area contributed by atoms with E-state index in [1.54, 1.807) is 32.4 Å². The number of methoxy groups -OCH3 is 2. The van der Waals surface area contributed by atoms with Crippen LogP contribution >= 0.6 is 12.2 Å². The molecule has 158 valence electrons. The highest BCUT2D eigenvalue weighted by molar-refractivity contribution is 7.80. The quantitative estimate of drug-likeness (QED) is 0.583. The van der Waals surface area contributed by atoms with E-state index in [1.807, 2.05) is 38.1 Å². The Balaban J connectivity index is 1.90. The summed E-state index contributed by atoms with van der Waals surface area (Å²) >= 11 is 5.32. The summed E-state index contributed by atoms with van der Waals surface area (Å²) in [6.07, 6.45) is 0. The van der Waals surface area contributed by atoms with Gasteiger partial charge in [-0.25, -0.2) is 0 Å². The smallest absolute Gasteiger partial charge is 0.255 e. The lowest BCUT2D eigenvalue weighted by atomic mass is 9.94. The van der Waals surface area contributed by atoms with Crippen LogP contribution in [-0.4, -0.2) is 31.8 Å². The molecule has 0 aliphatic carbocycles. The largest absolute Gasteiger partial charge is 0.494 e. The van der Waals surface area contributed by atoms with E-state index in [-0.39, 0.29) is 5.91 Å². The van der Waals surface area contributed by atoms with Crippen molar-refractivity contribution in [1.29, 1.82) is 0 Å². The summed E-state index contributed by atoms with van der Waals surface area (Å²) in [5.74, 6) is 1.70. The van der Waals surface area contributed by atoms with Crippen molar-refractivity contribution >= 4 is 28.9 Å². The van der Waals surface area contributed by atoms with Gasteiger partial charge in [0.1, 0.15) is 5.75 Å². The van der Waals surface area contributed by atoms with E-state index in [0.717, 1.165) is 11.3 Å². The molecule has 0 fully saturated rings. The molecular weight excluding hydrogens is 402 g/mol. The number of thiocarbonyl (C=S) groups is 1. The molecule has 3 rings (SSSR count). The molecule has 0 aromatic heterocycles. The summed E-state index contributed by atoms with van der Waals surface area (Å²) in [5.41, 5.74) is 2.71. The van der Waals surface area contributed by atoms with Gasteiger partial charge in [0.15, 0.2) is 16.6 Å². The minimum absolute atomic E-state index is 0.237. The SMILES string of the molecule is CCOc1ccc(NC(=O)C2=C(C)NC(=S)NC2c2ccc(OC)c(OC)c2)cc1. The number of hydrogen-bond acceptors (Lipinski definition) is 5. The molecule has 1 aliphatic rings. The van der Waals surface area contributed by atoms with Crippen molar-refractivity contribution in [3.8, 4) is 17.2 Å². The molecule has 0 saturated carbocycles. The first kappa shape index (κ1) is 21.4. The molecule has 1 heterocycles. The van der Waals surface area contributed by atoms with Crippen LogP contribution in [0.15, 0.2) is 53.7 Å². The molecule has 8 heteroatoms. The zero-order chi connectivity index (χ0) is 21.7. The van der Waals surface area contributed by atoms with Crippen molar-refractivity contribution in [2.45, 2.75) is 19.9 Å². The van der Waals surface area contributed by atoms with Crippen LogP contribution in [0.4, 0.5) is 5.69 Å². The maximum absolute atomic E-state index is 13.2. The molecule has 1 aliphatic heterocycles. The van der Waals surface area contributed by atoms with Crippen LogP contribution in [0, 0.1) is 0 Å². The lowest BCUT2D eigenvalue weighted by Crippen LogP contribution is -2.45. The summed E-state index contributed by atoms with van der Waals surface area (Å²) in [7, 11) is 3.15. The van der Waals surface area contributed by atoms with Gasteiger partial charge in [-0.05, 0) is 68.0 Å². The van der Waals surface area contributed by atoms with Crippen LogP contribution in [0.1, 0.15) is 25.5 Å². The Kier molecular flexibility index (Phi) is 6.79. The first-order valence-corrected chi connectivity index (χ1v) is 9.92. The van der Waals surface area contributed by atoms with E-state index in [1.165, 1.54) is 0 Å². The standard InChI is InChI=1S/C22H25N3O4S/c1-5-29-16-9-7-15(8-10-16)24-21(26)19-13(2)23-22(30)25-20(19)14-6-11-17(27-3)18(12-14)28-4/h6-12,20H,5H2,1-4H3,(H,24,26)(H2,23,25,30). The van der Waals surface area contributed by atoms with Gasteiger partial charge >= 0.3 is 0 Å². The van der Waals surface area contributed by atoms with Crippen LogP contribution in [0.3, 0.4) is 0 Å². The third kappa shape index (κ3) is 4.65. The lowest BCUT2D eigenvalue weighted by Gasteiger charge is -2.30. The summed E-state index contributed by atoms with van der Waals surface area (Å²) in [4.78, 5) is 13.2. The second-order valence-corrected chi connectivity index (χ2v) is 7.00. The second-order valence-electron chi connectivity index (χ2n) is 6.60. The summed E-state index contributed by atoms with van der Waals surface area (Å²) < 4.78 is 16.2. The number of nitrogens with one attached hydrogen (secondary N) is 3. The maximum Gasteiger partial charge on any atom is 0.255 e. The minimum Gasteiger partial charge on any atom is -0.494 e. The first-order valence-electron chi connectivity index (χ1n) is 9.51. The highest BCUT2D eigenvalue weighted by Gasteiger charge is 2.30. The number of benzene rings is 2. The number of anilines is 1. The average molecular weight is 428 g/mol. The fourth-order valence-electron chi connectivity index (χ4n) is 3.28. The molecular formula is C22H25N3O4S. The van der Waals surface area contributed by atoms with Crippen LogP contribution < -0.4 is 30.2 Å². The molecule has 2 aromatic rings. The molecule has 1 atom stereocenters. The van der Waals surface area contributed by atoms with E-state index >= 15 is 0 Å². The highest BCUT2D eigenvalue weighted by atomic mass is 32.1. The molecule has 2 aromatic carbocycles. The predicted molar refractivity (Wildman–Crippen MR) is 120 cm³/mol. The fraction of sp³-hybridized carbons (Fsp3) is 0.273. The second kappa shape index (κ2) is 9.49. The molecule has 0 saturated heterocycles. The summed E-state index contributed by atoms with van der Waals surface area (Å²) in [5, 5.41) is 9.61. The van der Waals surface area contributed by atoms with Gasteiger partial charge in [-0.2, -0.15) is 0 Å². The Hall–Kier alpha value is -3.26. The Labute approximate surface area is 181 Å². The predicted octanol–water partition coefficient (Wildman–Crippen LogP) is 3.53. The fourth-order valence-corrected chi connectivity index (χ4v) is 3.55. The van der Waals surface area contributed by atoms with Crippen molar-refractivity contribution in [3.63, 3.8) is 0 Å². The van der Waals surface area contributed by atoms with Crippen molar-refractivity contribution in [2.75, 3.05) is 26.1 Å². The van der Waals surface area contributed by atoms with Crippen molar-refractivity contribution in [3.05, 3.63) is 59.3 Å². The van der Waals surface area contributed by atoms with Gasteiger partial charge < -0.3 is 30.2 Å². The van der Waals surface area contributed by atoms with Crippen molar-refractivity contribution < 1.29 is 19.0 Å². The van der Waals surface area contributed by atoms with E-state index in [0.29, 0.717) is 40.2 Å². The van der Waals surface area contributed by atoms with E-state index in [2.05, 4.69) is 16.0 Å². The van der Waals surface area contributed by atoms with Gasteiger partial charge in [-0.15, -0.1) is 0 Å². The summed E-state index contributed by atoms with van der Waals surface area (Å²) in [6.45, 7) is 4.34. The van der Waals surface area contributed by atoms with Gasteiger partial charge in [0.05, 0.1) is 32.4 Å². The molecule has 7 nitrogen and oxygen atoms in total. The van der Waals surface area contributed by atoms with Gasteiger partial charge in [-0.3, -0.25) is 4.79 Å². The minimum atomic E-state index is -0.443. The Morgan fingerprint density at radius 3 is 2.43 bits per heavy atom. The normalized spacial score (nSPS) is 15.7. The maximum atomic E-state index is 13.2. The number of ether oxygens (including phenoxy) is 3. The van der Waals surface area contributed by atoms with E-state index in [9.17, 15) is 4.79 Å². The van der Waals surface area contributed by atoms with Crippen molar-refractivity contribution in [2.24, 2.45) is 0 Å². The average Bonchev–Trinajstić information content (AvgIpc) is 2.74. The first-order chi connectivity index (χ1) is 14.5. The molecule has 3 N–H and O–H groups in total. The Morgan fingerprint density at radius 1 is 1.10 bits per heavy atom. The molecule has 0 bridgehead atoms. The monoisotopic (exact) mass is 427 g/mol. The number of amides is 1. The van der Waals surface area contributed by atoms with E-state index < -0.39 is 6.04 Å². The molecule has 1 amide bonds. The molecule has 0 spiro atoms. The summed E-state index contributed by atoms with van der Waals surface area (Å²) in [6, 6.07) is 12.3. The Morgan fingerprint density at radius 2 is 1.80 bits per heavy atom. The van der Waals surface area contributed by atoms with Crippen LogP contribution in [0.2, 0.25) is 0 Å². The zero-order valence-electron chi connectivity index (χ0n) is 17.4. The van der Waals surface area contributed by atoms with Gasteiger partial charge in [0.2, 0.25) is 0 Å². The highest BCUT2D eigenvalue weighted by Crippen LogP contribution is 2.34. The topological polar surface area (TPSA) is 80.9 Å². The molecule has 1 unspecified atom stereocenters. The number of rotatable bonds is 7. The number of hydrogen-bond donors (Lipinski definition) is 3. The number of carbonyl (C=O) groups excluding carboxylic acids is 1. The van der Waals surface area contributed by atoms with Crippen LogP contribution in [0.25, 0.3) is 0 Å². The van der Waals surface area contributed by atoms with Crippen molar-refractivity contribution in [1.82, 2.24) is 10.6 Å². The van der Waals surface area contributed by atoms with Crippen LogP contribution in [-0.2, 0) is 4.79 Å². The molecule has 30 heavy (non-hydrogen) atoms. The Bertz CT molecular complexity index is 973. The number of allylic oxidation sites excluding steroid dienone is 1. The molecule has 0 radical (unpaired) electrons. The number of carbonyl (C=O) groups is 1. The van der Waals surface area contributed by atoms with Crippen LogP contribution in [0.5, 0.6) is 17.2 Å². The van der Waals surface area contributed by atoms with E-state index in [4.69, 9.17) is 26.4 Å². The lowest BCUT2D eigenvalue weighted by molar-refractivity contribution is -0.113. The van der Waals surface area contributed by atoms with Gasteiger partial charge in [0.25, 0.3) is 5.91 Å². The van der Waals surface area contributed by atoms with Gasteiger partial charge in [0, 0.05) is 11.4 Å². The zero-order valence-corrected chi connectivity index (χ0v) is 18.2. The third-order valence-corrected chi connectivity index (χ3v) is 4.90. The third-order valence-electron chi connectivity index (χ3n) is 4.68. The van der Waals surface area contributed by atoms with Gasteiger partial charge in [-0.1, -0.05) is 6.07 Å².